The Morgan fingerprint density at radius 2 is 2.29 bits per heavy atom. The van der Waals surface area contributed by atoms with Crippen molar-refractivity contribution in [1.29, 1.82) is 0 Å². The van der Waals surface area contributed by atoms with Gasteiger partial charge in [-0.1, -0.05) is 6.92 Å². The van der Waals surface area contributed by atoms with Crippen LogP contribution in [0.4, 0.5) is 0 Å². The van der Waals surface area contributed by atoms with E-state index in [2.05, 4.69) is 15.3 Å². The molecule has 6 heteroatoms. The van der Waals surface area contributed by atoms with Crippen molar-refractivity contribution in [2.75, 3.05) is 7.05 Å². The number of aromatic nitrogens is 1. The molecule has 0 saturated heterocycles. The normalized spacial score (nSPS) is 14.7. The Kier molecular flexibility index (Phi) is 5.04. The molecular formula is C11H20N4OS. The zero-order valence-corrected chi connectivity index (χ0v) is 11.5. The number of nitrogens with zero attached hydrogens (tertiary/aromatic N) is 2. The third-order valence-corrected chi connectivity index (χ3v) is 3.87. The van der Waals surface area contributed by atoms with Gasteiger partial charge >= 0.3 is 0 Å². The van der Waals surface area contributed by atoms with Gasteiger partial charge in [-0.05, 0) is 20.9 Å². The van der Waals surface area contributed by atoms with Crippen LogP contribution < -0.4 is 11.3 Å². The quantitative estimate of drug-likeness (QED) is 0.466. The molecule has 0 aliphatic rings. The Hall–Kier alpha value is -0.980. The van der Waals surface area contributed by atoms with Crippen LogP contribution in [0.1, 0.15) is 24.5 Å². The lowest BCUT2D eigenvalue weighted by molar-refractivity contribution is -0.126. The predicted molar refractivity (Wildman–Crippen MR) is 69.3 cm³/mol. The Bertz CT molecular complexity index is 379. The van der Waals surface area contributed by atoms with Crippen molar-refractivity contribution in [3.8, 4) is 0 Å². The fourth-order valence-corrected chi connectivity index (χ4v) is 2.22. The Morgan fingerprint density at radius 3 is 2.76 bits per heavy atom. The van der Waals surface area contributed by atoms with Crippen LogP contribution in [0, 0.1) is 12.8 Å². The van der Waals surface area contributed by atoms with Crippen molar-refractivity contribution in [1.82, 2.24) is 15.3 Å². The average molecular weight is 256 g/mol. The molecule has 2 atom stereocenters. The van der Waals surface area contributed by atoms with Crippen LogP contribution in [0.25, 0.3) is 0 Å². The number of hydrogen-bond acceptors (Lipinski definition) is 5. The molecule has 2 unspecified atom stereocenters. The zero-order chi connectivity index (χ0) is 13.0. The molecule has 0 aliphatic carbocycles. The lowest BCUT2D eigenvalue weighted by Gasteiger charge is -2.28. The average Bonchev–Trinajstić information content (AvgIpc) is 2.71. The maximum atomic E-state index is 11.4. The van der Waals surface area contributed by atoms with E-state index in [0.29, 0.717) is 0 Å². The second-order valence-electron chi connectivity index (χ2n) is 4.31. The first kappa shape index (κ1) is 14.1. The number of aryl methyl sites for hydroxylation is 1. The lowest BCUT2D eigenvalue weighted by atomic mass is 10.0. The number of rotatable bonds is 5. The molecule has 1 aromatic rings. The molecule has 3 N–H and O–H groups in total. The second-order valence-corrected chi connectivity index (χ2v) is 5.37. The Morgan fingerprint density at radius 1 is 1.65 bits per heavy atom. The first-order valence-electron chi connectivity index (χ1n) is 5.57. The highest BCUT2D eigenvalue weighted by Gasteiger charge is 2.23. The summed E-state index contributed by atoms with van der Waals surface area (Å²) in [5.74, 6) is 4.85. The van der Waals surface area contributed by atoms with Gasteiger partial charge < -0.3 is 0 Å². The van der Waals surface area contributed by atoms with Gasteiger partial charge in [0.25, 0.3) is 0 Å². The standard InChI is InChI=1S/C11H20N4OS/c1-7(11(16)14-12)8(2)15(4)5-10-6-17-9(3)13-10/h6-8H,5,12H2,1-4H3,(H,14,16). The van der Waals surface area contributed by atoms with Crippen molar-refractivity contribution < 1.29 is 4.79 Å². The summed E-state index contributed by atoms with van der Waals surface area (Å²) >= 11 is 1.64. The van der Waals surface area contributed by atoms with Crippen LogP contribution in [0.2, 0.25) is 0 Å². The monoisotopic (exact) mass is 256 g/mol. The van der Waals surface area contributed by atoms with E-state index < -0.39 is 0 Å². The van der Waals surface area contributed by atoms with E-state index in [9.17, 15) is 4.79 Å². The summed E-state index contributed by atoms with van der Waals surface area (Å²) in [4.78, 5) is 18.0. The highest BCUT2D eigenvalue weighted by atomic mass is 32.1. The minimum absolute atomic E-state index is 0.112. The van der Waals surface area contributed by atoms with Crippen LogP contribution in [0.3, 0.4) is 0 Å². The van der Waals surface area contributed by atoms with Crippen LogP contribution in [-0.4, -0.2) is 28.9 Å². The van der Waals surface area contributed by atoms with Gasteiger partial charge in [-0.25, -0.2) is 10.8 Å². The van der Waals surface area contributed by atoms with E-state index in [1.165, 1.54) is 0 Å². The molecule has 5 nitrogen and oxygen atoms in total. The summed E-state index contributed by atoms with van der Waals surface area (Å²) in [5, 5.41) is 3.11. The van der Waals surface area contributed by atoms with Gasteiger partial charge in [-0.3, -0.25) is 15.1 Å². The number of carbonyl (C=O) groups excluding carboxylic acids is 1. The van der Waals surface area contributed by atoms with Gasteiger partial charge in [0, 0.05) is 18.0 Å². The fraction of sp³-hybridized carbons (Fsp3) is 0.636. The number of carbonyl (C=O) groups is 1. The largest absolute Gasteiger partial charge is 0.297 e. The van der Waals surface area contributed by atoms with Gasteiger partial charge in [0.2, 0.25) is 5.91 Å². The zero-order valence-electron chi connectivity index (χ0n) is 10.7. The molecule has 17 heavy (non-hydrogen) atoms. The number of hydrazine groups is 1. The van der Waals surface area contributed by atoms with E-state index in [-0.39, 0.29) is 17.9 Å². The summed E-state index contributed by atoms with van der Waals surface area (Å²) in [5.41, 5.74) is 3.23. The maximum absolute atomic E-state index is 11.4. The summed E-state index contributed by atoms with van der Waals surface area (Å²) in [7, 11) is 1.99. The molecule has 0 aromatic carbocycles. The van der Waals surface area contributed by atoms with Crippen LogP contribution in [0.5, 0.6) is 0 Å². The predicted octanol–water partition coefficient (Wildman–Crippen LogP) is 0.898. The number of nitrogens with two attached hydrogens (primary N) is 1. The van der Waals surface area contributed by atoms with Crippen molar-refractivity contribution in [2.45, 2.75) is 33.4 Å². The highest BCUT2D eigenvalue weighted by molar-refractivity contribution is 7.09. The van der Waals surface area contributed by atoms with Gasteiger partial charge in [0.05, 0.1) is 16.6 Å². The molecule has 1 heterocycles. The number of thiazole rings is 1. The summed E-state index contributed by atoms with van der Waals surface area (Å²) < 4.78 is 0. The minimum Gasteiger partial charge on any atom is -0.297 e. The molecule has 1 rings (SSSR count). The molecule has 96 valence electrons. The van der Waals surface area contributed by atoms with Gasteiger partial charge in [-0.2, -0.15) is 0 Å². The number of nitrogens with one attached hydrogen (secondary N) is 1. The SMILES string of the molecule is Cc1nc(CN(C)C(C)C(C)C(=O)NN)cs1. The summed E-state index contributed by atoms with van der Waals surface area (Å²) in [6.07, 6.45) is 0. The van der Waals surface area contributed by atoms with Crippen LogP contribution in [-0.2, 0) is 11.3 Å². The van der Waals surface area contributed by atoms with E-state index in [4.69, 9.17) is 5.84 Å². The van der Waals surface area contributed by atoms with Gasteiger partial charge in [0.15, 0.2) is 0 Å². The third kappa shape index (κ3) is 3.76. The summed E-state index contributed by atoms with van der Waals surface area (Å²) in [6, 6.07) is 0.112. The first-order valence-corrected chi connectivity index (χ1v) is 6.45. The molecular weight excluding hydrogens is 236 g/mol. The third-order valence-electron chi connectivity index (χ3n) is 3.05. The van der Waals surface area contributed by atoms with Crippen LogP contribution >= 0.6 is 11.3 Å². The van der Waals surface area contributed by atoms with Crippen molar-refractivity contribution in [3.05, 3.63) is 16.1 Å². The Balaban J connectivity index is 2.57. The molecule has 0 bridgehead atoms. The molecule has 0 radical (unpaired) electrons. The molecule has 0 fully saturated rings. The second kappa shape index (κ2) is 6.09. The minimum atomic E-state index is -0.148. The van der Waals surface area contributed by atoms with Crippen molar-refractivity contribution in [2.24, 2.45) is 11.8 Å². The Labute approximate surface area is 106 Å². The first-order chi connectivity index (χ1) is 7.95. The number of amides is 1. The smallest absolute Gasteiger partial charge is 0.238 e. The van der Waals surface area contributed by atoms with Gasteiger partial charge in [-0.15, -0.1) is 11.3 Å². The van der Waals surface area contributed by atoms with E-state index in [0.717, 1.165) is 17.2 Å². The van der Waals surface area contributed by atoms with Gasteiger partial charge in [0.1, 0.15) is 0 Å². The molecule has 0 saturated carbocycles. The van der Waals surface area contributed by atoms with E-state index >= 15 is 0 Å². The lowest BCUT2D eigenvalue weighted by Crippen LogP contribution is -2.44. The highest BCUT2D eigenvalue weighted by Crippen LogP contribution is 2.14. The molecule has 1 aromatic heterocycles. The fourth-order valence-electron chi connectivity index (χ4n) is 1.61. The van der Waals surface area contributed by atoms with E-state index in [1.54, 1.807) is 11.3 Å². The number of hydrogen-bond donors (Lipinski definition) is 2. The molecule has 1 amide bonds. The van der Waals surface area contributed by atoms with Crippen LogP contribution in [0.15, 0.2) is 5.38 Å². The molecule has 0 spiro atoms. The van der Waals surface area contributed by atoms with Crippen molar-refractivity contribution in [3.63, 3.8) is 0 Å². The van der Waals surface area contributed by atoms with Crippen molar-refractivity contribution >= 4 is 17.2 Å². The summed E-state index contributed by atoms with van der Waals surface area (Å²) in [6.45, 7) is 6.62. The molecule has 0 aliphatic heterocycles. The topological polar surface area (TPSA) is 71.2 Å². The maximum Gasteiger partial charge on any atom is 0.238 e. The van der Waals surface area contributed by atoms with E-state index in [1.807, 2.05) is 33.2 Å².